The quantitative estimate of drug-likeness (QED) is 0.624. The molecule has 0 saturated heterocycles. The summed E-state index contributed by atoms with van der Waals surface area (Å²) in [5.41, 5.74) is -0.666. The maximum absolute atomic E-state index is 11.5. The van der Waals surface area contributed by atoms with Gasteiger partial charge in [0.05, 0.1) is 13.2 Å². The van der Waals surface area contributed by atoms with E-state index in [1.807, 2.05) is 6.92 Å². The Labute approximate surface area is 119 Å². The Balaban J connectivity index is 3.99. The topological polar surface area (TPSA) is 94.1 Å². The van der Waals surface area contributed by atoms with Gasteiger partial charge in [0, 0.05) is 19.6 Å². The first kappa shape index (κ1) is 18.7. The molecule has 0 rings (SSSR count). The Hall–Kier alpha value is -1.34. The second-order valence-electron chi connectivity index (χ2n) is 5.14. The SMILES string of the molecule is CCOCCOCCC(NC(=O)OC(C)(C)C)C(=O)O. The zero-order valence-electron chi connectivity index (χ0n) is 12.6. The number of ether oxygens (including phenoxy) is 3. The summed E-state index contributed by atoms with van der Waals surface area (Å²) in [6.45, 7) is 8.70. The van der Waals surface area contributed by atoms with Gasteiger partial charge in [-0.1, -0.05) is 0 Å². The molecule has 0 aliphatic heterocycles. The average Bonchev–Trinajstić information content (AvgIpc) is 2.29. The van der Waals surface area contributed by atoms with E-state index in [-0.39, 0.29) is 13.0 Å². The van der Waals surface area contributed by atoms with Gasteiger partial charge in [-0.05, 0) is 27.7 Å². The van der Waals surface area contributed by atoms with E-state index in [0.717, 1.165) is 0 Å². The van der Waals surface area contributed by atoms with E-state index in [9.17, 15) is 9.59 Å². The standard InChI is InChI=1S/C13H25NO6/c1-5-18-8-9-19-7-6-10(11(15)16)14-12(17)20-13(2,3)4/h10H,5-9H2,1-4H3,(H,14,17)(H,15,16). The second-order valence-corrected chi connectivity index (χ2v) is 5.14. The van der Waals surface area contributed by atoms with Crippen LogP contribution in [-0.4, -0.2) is 55.2 Å². The maximum Gasteiger partial charge on any atom is 0.408 e. The third-order valence-corrected chi connectivity index (χ3v) is 2.12. The number of nitrogens with one attached hydrogen (secondary N) is 1. The Morgan fingerprint density at radius 3 is 2.25 bits per heavy atom. The van der Waals surface area contributed by atoms with Crippen molar-refractivity contribution in [2.45, 2.75) is 45.8 Å². The molecule has 0 aliphatic rings. The highest BCUT2D eigenvalue weighted by Crippen LogP contribution is 2.07. The number of carbonyl (C=O) groups is 2. The van der Waals surface area contributed by atoms with Crippen LogP contribution in [0.25, 0.3) is 0 Å². The largest absolute Gasteiger partial charge is 0.480 e. The fourth-order valence-electron chi connectivity index (χ4n) is 1.27. The van der Waals surface area contributed by atoms with Gasteiger partial charge in [0.15, 0.2) is 0 Å². The molecule has 2 N–H and O–H groups in total. The highest BCUT2D eigenvalue weighted by atomic mass is 16.6. The van der Waals surface area contributed by atoms with E-state index in [4.69, 9.17) is 19.3 Å². The van der Waals surface area contributed by atoms with Crippen LogP contribution in [0, 0.1) is 0 Å². The Bertz CT molecular complexity index is 300. The smallest absolute Gasteiger partial charge is 0.408 e. The van der Waals surface area contributed by atoms with Gasteiger partial charge >= 0.3 is 12.1 Å². The van der Waals surface area contributed by atoms with Crippen molar-refractivity contribution < 1.29 is 28.9 Å². The third kappa shape index (κ3) is 10.6. The first-order chi connectivity index (χ1) is 9.26. The van der Waals surface area contributed by atoms with Crippen molar-refractivity contribution in [3.63, 3.8) is 0 Å². The Morgan fingerprint density at radius 1 is 1.15 bits per heavy atom. The molecule has 0 bridgehead atoms. The molecule has 0 aliphatic carbocycles. The fraction of sp³-hybridized carbons (Fsp3) is 0.846. The number of hydrogen-bond donors (Lipinski definition) is 2. The van der Waals surface area contributed by atoms with Gasteiger partial charge in [0.1, 0.15) is 11.6 Å². The molecular formula is C13H25NO6. The minimum absolute atomic E-state index is 0.167. The summed E-state index contributed by atoms with van der Waals surface area (Å²) in [6.07, 6.45) is -0.583. The van der Waals surface area contributed by atoms with Crippen LogP contribution in [0.1, 0.15) is 34.1 Å². The number of carbonyl (C=O) groups excluding carboxylic acids is 1. The summed E-state index contributed by atoms with van der Waals surface area (Å²) < 4.78 is 15.3. The van der Waals surface area contributed by atoms with E-state index < -0.39 is 23.7 Å². The maximum atomic E-state index is 11.5. The molecular weight excluding hydrogens is 266 g/mol. The molecule has 7 nitrogen and oxygen atoms in total. The van der Waals surface area contributed by atoms with Crippen molar-refractivity contribution in [2.75, 3.05) is 26.4 Å². The van der Waals surface area contributed by atoms with Crippen molar-refractivity contribution in [2.24, 2.45) is 0 Å². The lowest BCUT2D eigenvalue weighted by molar-refractivity contribution is -0.140. The van der Waals surface area contributed by atoms with Gasteiger partial charge < -0.3 is 24.6 Å². The first-order valence-electron chi connectivity index (χ1n) is 6.64. The summed E-state index contributed by atoms with van der Waals surface area (Å²) in [7, 11) is 0. The monoisotopic (exact) mass is 291 g/mol. The predicted molar refractivity (Wildman–Crippen MR) is 72.7 cm³/mol. The van der Waals surface area contributed by atoms with Gasteiger partial charge in [0.2, 0.25) is 0 Å². The molecule has 1 atom stereocenters. The van der Waals surface area contributed by atoms with Crippen LogP contribution in [0.15, 0.2) is 0 Å². The first-order valence-corrected chi connectivity index (χ1v) is 6.64. The third-order valence-electron chi connectivity index (χ3n) is 2.12. The van der Waals surface area contributed by atoms with Crippen LogP contribution in [0.5, 0.6) is 0 Å². The number of carboxylic acids is 1. The van der Waals surface area contributed by atoms with Crippen LogP contribution in [0.4, 0.5) is 4.79 Å². The molecule has 0 heterocycles. The lowest BCUT2D eigenvalue weighted by Crippen LogP contribution is -2.44. The van der Waals surface area contributed by atoms with Gasteiger partial charge in [0.25, 0.3) is 0 Å². The summed E-state index contributed by atoms with van der Waals surface area (Å²) in [6, 6.07) is -1.03. The molecule has 0 aromatic heterocycles. The minimum atomic E-state index is -1.12. The van der Waals surface area contributed by atoms with E-state index in [1.165, 1.54) is 0 Å². The van der Waals surface area contributed by atoms with Crippen LogP contribution < -0.4 is 5.32 Å². The Morgan fingerprint density at radius 2 is 1.75 bits per heavy atom. The molecule has 20 heavy (non-hydrogen) atoms. The van der Waals surface area contributed by atoms with Crippen molar-refractivity contribution in [3.8, 4) is 0 Å². The molecule has 0 aromatic rings. The van der Waals surface area contributed by atoms with E-state index in [2.05, 4.69) is 5.32 Å². The zero-order valence-corrected chi connectivity index (χ0v) is 12.6. The Kier molecular flexibility index (Phi) is 8.91. The van der Waals surface area contributed by atoms with Crippen LogP contribution >= 0.6 is 0 Å². The molecule has 1 unspecified atom stereocenters. The van der Waals surface area contributed by atoms with Gasteiger partial charge in [-0.3, -0.25) is 0 Å². The zero-order chi connectivity index (χ0) is 15.6. The van der Waals surface area contributed by atoms with E-state index >= 15 is 0 Å². The molecule has 118 valence electrons. The average molecular weight is 291 g/mol. The molecule has 0 spiro atoms. The van der Waals surface area contributed by atoms with Gasteiger partial charge in [-0.2, -0.15) is 0 Å². The van der Waals surface area contributed by atoms with Crippen LogP contribution in [-0.2, 0) is 19.0 Å². The lowest BCUT2D eigenvalue weighted by atomic mass is 10.2. The number of hydrogen-bond acceptors (Lipinski definition) is 5. The van der Waals surface area contributed by atoms with Crippen molar-refractivity contribution in [1.29, 1.82) is 0 Å². The molecule has 0 fully saturated rings. The molecule has 0 aromatic carbocycles. The lowest BCUT2D eigenvalue weighted by Gasteiger charge is -2.22. The van der Waals surface area contributed by atoms with Crippen LogP contribution in [0.3, 0.4) is 0 Å². The van der Waals surface area contributed by atoms with E-state index in [1.54, 1.807) is 20.8 Å². The van der Waals surface area contributed by atoms with Gasteiger partial charge in [-0.25, -0.2) is 9.59 Å². The molecule has 7 heteroatoms. The number of alkyl carbamates (subject to hydrolysis) is 1. The summed E-state index contributed by atoms with van der Waals surface area (Å²) in [5.74, 6) is -1.12. The predicted octanol–water partition coefficient (Wildman–Crippen LogP) is 1.41. The number of aliphatic carboxylic acids is 1. The normalized spacial score (nSPS) is 12.8. The van der Waals surface area contributed by atoms with Crippen molar-refractivity contribution in [3.05, 3.63) is 0 Å². The highest BCUT2D eigenvalue weighted by molar-refractivity contribution is 5.79. The van der Waals surface area contributed by atoms with Gasteiger partial charge in [-0.15, -0.1) is 0 Å². The molecule has 0 saturated carbocycles. The van der Waals surface area contributed by atoms with Crippen molar-refractivity contribution >= 4 is 12.1 Å². The van der Waals surface area contributed by atoms with Crippen molar-refractivity contribution in [1.82, 2.24) is 5.32 Å². The van der Waals surface area contributed by atoms with E-state index in [0.29, 0.717) is 19.8 Å². The second kappa shape index (κ2) is 9.55. The fourth-order valence-corrected chi connectivity index (χ4v) is 1.27. The molecule has 0 radical (unpaired) electrons. The summed E-state index contributed by atoms with van der Waals surface area (Å²) in [5, 5.41) is 11.3. The van der Waals surface area contributed by atoms with Crippen LogP contribution in [0.2, 0.25) is 0 Å². The minimum Gasteiger partial charge on any atom is -0.480 e. The molecule has 1 amide bonds. The summed E-state index contributed by atoms with van der Waals surface area (Å²) in [4.78, 5) is 22.5. The number of amides is 1. The number of rotatable bonds is 9. The number of carboxylic acid groups (broad SMARTS) is 1. The highest BCUT2D eigenvalue weighted by Gasteiger charge is 2.23. The summed E-state index contributed by atoms with van der Waals surface area (Å²) >= 11 is 0.